The van der Waals surface area contributed by atoms with Gasteiger partial charge in [-0.3, -0.25) is 0 Å². The van der Waals surface area contributed by atoms with E-state index >= 15 is 0 Å². The van der Waals surface area contributed by atoms with E-state index in [0.29, 0.717) is 16.2 Å². The lowest BCUT2D eigenvalue weighted by atomic mass is 9.89. The molecule has 1 aliphatic carbocycles. The number of nitriles is 1. The number of benzene rings is 1. The molecule has 0 unspecified atom stereocenters. The fourth-order valence-electron chi connectivity index (χ4n) is 3.59. The molecule has 0 aliphatic heterocycles. The number of rotatable bonds is 5. The van der Waals surface area contributed by atoms with Gasteiger partial charge in [-0.1, -0.05) is 48.2 Å². The number of nitrogens with zero attached hydrogens (tertiary/aromatic N) is 2. The summed E-state index contributed by atoms with van der Waals surface area (Å²) in [6.45, 7) is 0. The molecule has 4 nitrogen and oxygen atoms in total. The van der Waals surface area contributed by atoms with Gasteiger partial charge < -0.3 is 9.90 Å². The lowest BCUT2D eigenvalue weighted by Gasteiger charge is -2.23. The molecule has 0 radical (unpaired) electrons. The van der Waals surface area contributed by atoms with E-state index < -0.39 is 11.2 Å². The zero-order valence-corrected chi connectivity index (χ0v) is 16.7. The standard InChI is InChI=1S/C22H18N2O2S2/c23-13-16-19(18-11-6-12-27-18)15-9-4-5-10-17(15)24-21(16)28-20(22(25)26)14-7-2-1-3-8-14/h1-3,6-8,11-12,20H,4-5,9-10H2,(H,25,26)/p-1/t20-/m1/s1. The molecular formula is C22H17N2O2S2-. The highest BCUT2D eigenvalue weighted by Crippen LogP contribution is 2.43. The minimum absolute atomic E-state index is 0.468. The van der Waals surface area contributed by atoms with Crippen LogP contribution in [0.15, 0.2) is 52.9 Å². The number of carboxylic acid groups (broad SMARTS) is 1. The van der Waals surface area contributed by atoms with Crippen molar-refractivity contribution in [3.05, 3.63) is 70.2 Å². The Balaban J connectivity index is 1.86. The minimum Gasteiger partial charge on any atom is -0.549 e. The van der Waals surface area contributed by atoms with Crippen molar-refractivity contribution >= 4 is 29.1 Å². The van der Waals surface area contributed by atoms with Crippen molar-refractivity contribution in [2.45, 2.75) is 36.0 Å². The molecule has 2 heterocycles. The maximum Gasteiger partial charge on any atom is 0.116 e. The fraction of sp³-hybridized carbons (Fsp3) is 0.227. The van der Waals surface area contributed by atoms with Crippen LogP contribution < -0.4 is 5.11 Å². The van der Waals surface area contributed by atoms with Crippen LogP contribution in [0, 0.1) is 11.3 Å². The number of aliphatic carboxylic acids is 1. The molecule has 0 fully saturated rings. The zero-order valence-electron chi connectivity index (χ0n) is 15.1. The highest BCUT2D eigenvalue weighted by molar-refractivity contribution is 8.00. The summed E-state index contributed by atoms with van der Waals surface area (Å²) in [5, 5.41) is 23.4. The number of carboxylic acids is 1. The highest BCUT2D eigenvalue weighted by atomic mass is 32.2. The zero-order chi connectivity index (χ0) is 19.5. The third-order valence-corrected chi connectivity index (χ3v) is 6.97. The summed E-state index contributed by atoms with van der Waals surface area (Å²) in [6, 6.07) is 15.3. The smallest absolute Gasteiger partial charge is 0.116 e. The molecule has 3 aromatic rings. The first-order valence-corrected chi connectivity index (χ1v) is 10.9. The van der Waals surface area contributed by atoms with Crippen molar-refractivity contribution in [2.75, 3.05) is 0 Å². The van der Waals surface area contributed by atoms with Gasteiger partial charge in [0.05, 0.1) is 16.8 Å². The Hall–Kier alpha value is -2.62. The number of hydrogen-bond donors (Lipinski definition) is 0. The first kappa shape index (κ1) is 18.7. The minimum atomic E-state index is -1.18. The van der Waals surface area contributed by atoms with Gasteiger partial charge in [-0.05, 0) is 48.3 Å². The van der Waals surface area contributed by atoms with Crippen LogP contribution in [-0.2, 0) is 17.6 Å². The van der Waals surface area contributed by atoms with Gasteiger partial charge in [0.15, 0.2) is 0 Å². The summed E-state index contributed by atoms with van der Waals surface area (Å²) in [7, 11) is 0. The number of thioether (sulfide) groups is 1. The number of pyridine rings is 1. The van der Waals surface area contributed by atoms with Gasteiger partial charge in [0.1, 0.15) is 11.1 Å². The molecule has 0 saturated heterocycles. The van der Waals surface area contributed by atoms with Crippen LogP contribution in [0.1, 0.15) is 40.5 Å². The van der Waals surface area contributed by atoms with Gasteiger partial charge in [-0.25, -0.2) is 4.98 Å². The Labute approximate surface area is 171 Å². The molecule has 0 amide bonds. The van der Waals surface area contributed by atoms with Crippen molar-refractivity contribution in [1.82, 2.24) is 4.98 Å². The maximum absolute atomic E-state index is 11.9. The second-order valence-electron chi connectivity index (χ2n) is 6.62. The van der Waals surface area contributed by atoms with E-state index in [1.807, 2.05) is 23.6 Å². The van der Waals surface area contributed by atoms with Crippen LogP contribution in [0.2, 0.25) is 0 Å². The van der Waals surface area contributed by atoms with E-state index in [2.05, 4.69) is 6.07 Å². The van der Waals surface area contributed by atoms with Crippen LogP contribution in [0.3, 0.4) is 0 Å². The maximum atomic E-state index is 11.9. The number of hydrogen-bond acceptors (Lipinski definition) is 6. The molecule has 28 heavy (non-hydrogen) atoms. The molecule has 4 rings (SSSR count). The number of aryl methyl sites for hydroxylation is 1. The summed E-state index contributed by atoms with van der Waals surface area (Å²) in [4.78, 5) is 17.7. The summed E-state index contributed by atoms with van der Waals surface area (Å²) >= 11 is 2.69. The average molecular weight is 406 g/mol. The Kier molecular flexibility index (Phi) is 5.47. The van der Waals surface area contributed by atoms with E-state index in [1.165, 1.54) is 0 Å². The lowest BCUT2D eigenvalue weighted by molar-refractivity contribution is -0.305. The summed E-state index contributed by atoms with van der Waals surface area (Å²) in [5.41, 5.74) is 4.15. The number of carbonyl (C=O) groups excluding carboxylic acids is 1. The van der Waals surface area contributed by atoms with Gasteiger partial charge in [0.2, 0.25) is 0 Å². The van der Waals surface area contributed by atoms with Gasteiger partial charge in [-0.15, -0.1) is 11.3 Å². The summed E-state index contributed by atoms with van der Waals surface area (Å²) < 4.78 is 0. The first-order chi connectivity index (χ1) is 13.7. The summed E-state index contributed by atoms with van der Waals surface area (Å²) in [6.07, 6.45) is 3.89. The van der Waals surface area contributed by atoms with Crippen molar-refractivity contribution in [3.8, 4) is 16.5 Å². The van der Waals surface area contributed by atoms with Crippen molar-refractivity contribution in [1.29, 1.82) is 5.26 Å². The third-order valence-electron chi connectivity index (χ3n) is 4.87. The molecule has 2 aromatic heterocycles. The van der Waals surface area contributed by atoms with Gasteiger partial charge >= 0.3 is 0 Å². The fourth-order valence-corrected chi connectivity index (χ4v) is 5.44. The quantitative estimate of drug-likeness (QED) is 0.596. The molecule has 0 bridgehead atoms. The molecule has 1 aliphatic rings. The molecule has 1 aromatic carbocycles. The Morgan fingerprint density at radius 2 is 1.96 bits per heavy atom. The largest absolute Gasteiger partial charge is 0.549 e. The molecular weight excluding hydrogens is 388 g/mol. The van der Waals surface area contributed by atoms with Crippen LogP contribution in [-0.4, -0.2) is 11.0 Å². The van der Waals surface area contributed by atoms with E-state index in [-0.39, 0.29) is 0 Å². The van der Waals surface area contributed by atoms with Crippen molar-refractivity contribution in [2.24, 2.45) is 0 Å². The van der Waals surface area contributed by atoms with Crippen LogP contribution in [0.5, 0.6) is 0 Å². The number of carbonyl (C=O) groups is 1. The predicted octanol–water partition coefficient (Wildman–Crippen LogP) is 4.14. The molecule has 140 valence electrons. The molecule has 0 spiro atoms. The molecule has 6 heteroatoms. The second kappa shape index (κ2) is 8.17. The van der Waals surface area contributed by atoms with Gasteiger partial charge in [-0.2, -0.15) is 5.26 Å². The normalized spacial score (nSPS) is 14.1. The van der Waals surface area contributed by atoms with E-state index in [1.54, 1.807) is 35.6 Å². The average Bonchev–Trinajstić information content (AvgIpc) is 3.25. The van der Waals surface area contributed by atoms with Gasteiger partial charge in [0.25, 0.3) is 0 Å². The lowest BCUT2D eigenvalue weighted by Crippen LogP contribution is -2.28. The Bertz CT molecular complexity index is 1040. The van der Waals surface area contributed by atoms with E-state index in [9.17, 15) is 15.2 Å². The number of aromatic nitrogens is 1. The Morgan fingerprint density at radius 3 is 2.64 bits per heavy atom. The van der Waals surface area contributed by atoms with E-state index in [0.717, 1.165) is 59.1 Å². The monoisotopic (exact) mass is 405 g/mol. The predicted molar refractivity (Wildman–Crippen MR) is 109 cm³/mol. The molecule has 0 N–H and O–H groups in total. The first-order valence-electron chi connectivity index (χ1n) is 9.11. The summed E-state index contributed by atoms with van der Waals surface area (Å²) in [5.74, 6) is -1.18. The number of thiophene rings is 1. The number of fused-ring (bicyclic) bond motifs is 1. The topological polar surface area (TPSA) is 76.8 Å². The van der Waals surface area contributed by atoms with E-state index in [4.69, 9.17) is 4.98 Å². The molecule has 0 saturated carbocycles. The van der Waals surface area contributed by atoms with Crippen LogP contribution >= 0.6 is 23.1 Å². The SMILES string of the molecule is N#Cc1c(S[C@@H](C(=O)[O-])c2ccccc2)nc2c(c1-c1cccs1)CCCC2. The Morgan fingerprint density at radius 1 is 1.18 bits per heavy atom. The molecule has 1 atom stereocenters. The highest BCUT2D eigenvalue weighted by Gasteiger charge is 2.26. The van der Waals surface area contributed by atoms with Crippen LogP contribution in [0.25, 0.3) is 10.4 Å². The second-order valence-corrected chi connectivity index (χ2v) is 8.66. The van der Waals surface area contributed by atoms with Crippen molar-refractivity contribution < 1.29 is 9.90 Å². The van der Waals surface area contributed by atoms with Crippen LogP contribution in [0.4, 0.5) is 0 Å². The van der Waals surface area contributed by atoms with Gasteiger partial charge in [0, 0.05) is 16.1 Å². The van der Waals surface area contributed by atoms with Crippen molar-refractivity contribution in [3.63, 3.8) is 0 Å². The third kappa shape index (κ3) is 3.56.